The van der Waals surface area contributed by atoms with Gasteiger partial charge in [-0.1, -0.05) is 66.7 Å². The van der Waals surface area contributed by atoms with Crippen LogP contribution in [0, 0.1) is 13.8 Å². The molecule has 0 radical (unpaired) electrons. The fraction of sp³-hybridized carbons (Fsp3) is 0.208. The summed E-state index contributed by atoms with van der Waals surface area (Å²) in [5.74, 6) is -0.376. The number of carbonyl (C=O) groups excluding carboxylic acids is 1. The van der Waals surface area contributed by atoms with Crippen molar-refractivity contribution >= 4 is 21.6 Å². The molecule has 0 aromatic heterocycles. The number of benzene rings is 3. The van der Waals surface area contributed by atoms with Crippen molar-refractivity contribution in [3.8, 4) is 0 Å². The zero-order valence-corrected chi connectivity index (χ0v) is 18.2. The monoisotopic (exact) mass is 422 g/mol. The highest BCUT2D eigenvalue weighted by Gasteiger charge is 2.24. The summed E-state index contributed by atoms with van der Waals surface area (Å²) in [4.78, 5) is 13.0. The molecule has 0 bridgehead atoms. The van der Waals surface area contributed by atoms with E-state index in [9.17, 15) is 13.2 Å². The molecular formula is C24H26N2O3S. The van der Waals surface area contributed by atoms with Gasteiger partial charge in [0.25, 0.3) is 0 Å². The summed E-state index contributed by atoms with van der Waals surface area (Å²) in [5, 5.41) is 3.03. The van der Waals surface area contributed by atoms with Gasteiger partial charge in [0.1, 0.15) is 6.54 Å². The van der Waals surface area contributed by atoms with E-state index in [-0.39, 0.29) is 18.5 Å². The third-order valence-electron chi connectivity index (χ3n) is 4.91. The van der Waals surface area contributed by atoms with Gasteiger partial charge >= 0.3 is 0 Å². The lowest BCUT2D eigenvalue weighted by atomic mass is 9.95. The van der Waals surface area contributed by atoms with E-state index >= 15 is 0 Å². The maximum Gasteiger partial charge on any atom is 0.241 e. The Hall–Kier alpha value is -3.12. The molecule has 3 aromatic rings. The molecule has 1 atom stereocenters. The van der Waals surface area contributed by atoms with E-state index in [0.29, 0.717) is 5.69 Å². The molecule has 0 fully saturated rings. The van der Waals surface area contributed by atoms with E-state index in [1.807, 2.05) is 74.5 Å². The number of hydrogen-bond acceptors (Lipinski definition) is 3. The molecule has 1 N–H and O–H groups in total. The summed E-state index contributed by atoms with van der Waals surface area (Å²) < 4.78 is 25.9. The summed E-state index contributed by atoms with van der Waals surface area (Å²) >= 11 is 0. The Morgan fingerprint density at radius 3 is 2.23 bits per heavy atom. The highest BCUT2D eigenvalue weighted by atomic mass is 32.2. The van der Waals surface area contributed by atoms with Crippen LogP contribution in [0.25, 0.3) is 0 Å². The van der Waals surface area contributed by atoms with E-state index in [1.54, 1.807) is 18.2 Å². The van der Waals surface area contributed by atoms with Crippen LogP contribution in [0.5, 0.6) is 0 Å². The molecule has 1 amide bonds. The van der Waals surface area contributed by atoms with Crippen LogP contribution in [0.1, 0.15) is 28.3 Å². The minimum absolute atomic E-state index is 0.294. The smallest absolute Gasteiger partial charge is 0.241 e. The largest absolute Gasteiger partial charge is 0.344 e. The molecule has 0 aliphatic heterocycles. The van der Waals surface area contributed by atoms with Crippen LogP contribution in [0.2, 0.25) is 0 Å². The van der Waals surface area contributed by atoms with Crippen LogP contribution < -0.4 is 9.62 Å². The molecular weight excluding hydrogens is 396 g/mol. The van der Waals surface area contributed by atoms with Gasteiger partial charge in [-0.15, -0.1) is 0 Å². The maximum absolute atomic E-state index is 13.0. The van der Waals surface area contributed by atoms with Crippen LogP contribution in [0.15, 0.2) is 78.9 Å². The lowest BCUT2D eigenvalue weighted by Gasteiger charge is -2.25. The van der Waals surface area contributed by atoms with Crippen LogP contribution in [0.3, 0.4) is 0 Å². The summed E-state index contributed by atoms with van der Waals surface area (Å²) in [7, 11) is -3.63. The van der Waals surface area contributed by atoms with Crippen LogP contribution >= 0.6 is 0 Å². The van der Waals surface area contributed by atoms with Gasteiger partial charge in [-0.25, -0.2) is 8.42 Å². The molecule has 0 spiro atoms. The molecule has 0 aliphatic rings. The standard InChI is InChI=1S/C24H26N2O3S/c1-18-10-9-14-21(16-18)26(30(3,28)29)17-23(27)25-24(20-12-5-4-6-13-20)22-15-8-7-11-19(22)2/h4-16,24H,17H2,1-3H3,(H,25,27)/t24-/m0/s1. The first-order valence-electron chi connectivity index (χ1n) is 9.70. The topological polar surface area (TPSA) is 66.5 Å². The van der Waals surface area contributed by atoms with Gasteiger partial charge < -0.3 is 5.32 Å². The van der Waals surface area contributed by atoms with Gasteiger partial charge in [-0.3, -0.25) is 9.10 Å². The van der Waals surface area contributed by atoms with Gasteiger partial charge in [0.2, 0.25) is 15.9 Å². The molecule has 3 rings (SSSR count). The number of anilines is 1. The third kappa shape index (κ3) is 5.27. The Kier molecular flexibility index (Phi) is 6.57. The average Bonchev–Trinajstić information content (AvgIpc) is 2.71. The van der Waals surface area contributed by atoms with Gasteiger partial charge in [0.15, 0.2) is 0 Å². The highest BCUT2D eigenvalue weighted by Crippen LogP contribution is 2.25. The van der Waals surface area contributed by atoms with E-state index in [1.165, 1.54) is 0 Å². The van der Waals surface area contributed by atoms with Crippen molar-refractivity contribution in [1.82, 2.24) is 5.32 Å². The van der Waals surface area contributed by atoms with Crippen molar-refractivity contribution in [1.29, 1.82) is 0 Å². The number of carbonyl (C=O) groups is 1. The van der Waals surface area contributed by atoms with Crippen molar-refractivity contribution in [3.05, 3.63) is 101 Å². The van der Waals surface area contributed by atoms with Gasteiger partial charge in [-0.05, 0) is 48.2 Å². The quantitative estimate of drug-likeness (QED) is 0.626. The first kappa shape index (κ1) is 21.6. The van der Waals surface area contributed by atoms with Gasteiger partial charge in [-0.2, -0.15) is 0 Å². The minimum Gasteiger partial charge on any atom is -0.344 e. The second-order valence-corrected chi connectivity index (χ2v) is 9.28. The zero-order valence-electron chi connectivity index (χ0n) is 17.4. The van der Waals surface area contributed by atoms with Crippen molar-refractivity contribution in [2.45, 2.75) is 19.9 Å². The fourth-order valence-corrected chi connectivity index (χ4v) is 4.27. The summed E-state index contributed by atoms with van der Waals surface area (Å²) in [6, 6.07) is 24.2. The SMILES string of the molecule is Cc1cccc(N(CC(=O)N[C@@H](c2ccccc2)c2ccccc2C)S(C)(=O)=O)c1. The van der Waals surface area contributed by atoms with Gasteiger partial charge in [0, 0.05) is 0 Å². The molecule has 6 heteroatoms. The van der Waals surface area contributed by atoms with Crippen molar-refractivity contribution in [3.63, 3.8) is 0 Å². The number of amides is 1. The van der Waals surface area contributed by atoms with Crippen LogP contribution in [-0.2, 0) is 14.8 Å². The number of rotatable bonds is 7. The van der Waals surface area contributed by atoms with Crippen molar-refractivity contribution in [2.24, 2.45) is 0 Å². The predicted molar refractivity (Wildman–Crippen MR) is 121 cm³/mol. The fourth-order valence-electron chi connectivity index (χ4n) is 3.42. The second kappa shape index (κ2) is 9.13. The molecule has 0 saturated heterocycles. The maximum atomic E-state index is 13.0. The zero-order chi connectivity index (χ0) is 21.7. The Labute approximate surface area is 178 Å². The number of sulfonamides is 1. The first-order chi connectivity index (χ1) is 14.3. The molecule has 0 saturated carbocycles. The van der Waals surface area contributed by atoms with Crippen molar-refractivity contribution < 1.29 is 13.2 Å². The Morgan fingerprint density at radius 1 is 0.933 bits per heavy atom. The molecule has 5 nitrogen and oxygen atoms in total. The van der Waals surface area contributed by atoms with Crippen LogP contribution in [0.4, 0.5) is 5.69 Å². The minimum atomic E-state index is -3.63. The Morgan fingerprint density at radius 2 is 1.60 bits per heavy atom. The normalized spacial score (nSPS) is 12.2. The van der Waals surface area contributed by atoms with Crippen LogP contribution in [-0.4, -0.2) is 27.1 Å². The molecule has 0 aliphatic carbocycles. The van der Waals surface area contributed by atoms with Crippen molar-refractivity contribution in [2.75, 3.05) is 17.1 Å². The van der Waals surface area contributed by atoms with Gasteiger partial charge in [0.05, 0.1) is 18.0 Å². The average molecular weight is 423 g/mol. The second-order valence-electron chi connectivity index (χ2n) is 7.38. The molecule has 0 unspecified atom stereocenters. The number of nitrogens with one attached hydrogen (secondary N) is 1. The Bertz CT molecular complexity index is 1130. The van der Waals surface area contributed by atoms with E-state index < -0.39 is 10.0 Å². The number of aryl methyl sites for hydroxylation is 2. The highest BCUT2D eigenvalue weighted by molar-refractivity contribution is 7.92. The summed E-state index contributed by atoms with van der Waals surface area (Å²) in [5.41, 5.74) is 4.34. The lowest BCUT2D eigenvalue weighted by Crippen LogP contribution is -2.42. The number of nitrogens with zero attached hydrogens (tertiary/aromatic N) is 1. The molecule has 3 aromatic carbocycles. The summed E-state index contributed by atoms with van der Waals surface area (Å²) in [6.07, 6.45) is 1.11. The number of hydrogen-bond donors (Lipinski definition) is 1. The lowest BCUT2D eigenvalue weighted by molar-refractivity contribution is -0.120. The molecule has 30 heavy (non-hydrogen) atoms. The molecule has 0 heterocycles. The van der Waals surface area contributed by atoms with E-state index in [4.69, 9.17) is 0 Å². The predicted octanol–water partition coefficient (Wildman–Crippen LogP) is 3.98. The third-order valence-corrected chi connectivity index (χ3v) is 6.06. The Balaban J connectivity index is 1.91. The van der Waals surface area contributed by atoms with E-state index in [2.05, 4.69) is 5.32 Å². The summed E-state index contributed by atoms with van der Waals surface area (Å²) in [6.45, 7) is 3.58. The molecule has 156 valence electrons. The van der Waals surface area contributed by atoms with E-state index in [0.717, 1.165) is 32.8 Å². The first-order valence-corrected chi connectivity index (χ1v) is 11.5.